The van der Waals surface area contributed by atoms with Gasteiger partial charge in [0.25, 0.3) is 11.5 Å². The van der Waals surface area contributed by atoms with Crippen LogP contribution in [-0.4, -0.2) is 53.0 Å². The number of hydrogen-bond donors (Lipinski definition) is 0. The lowest BCUT2D eigenvalue weighted by molar-refractivity contribution is 0.0651. The Morgan fingerprint density at radius 1 is 0.935 bits per heavy atom. The SMILES string of the molecule is CC(C)n1cc(C(=O)N2CCN(CC=Cc3ccccc3)CC2)c2ccccc2c1=O. The summed E-state index contributed by atoms with van der Waals surface area (Å²) in [7, 11) is 0. The van der Waals surface area contributed by atoms with Crippen molar-refractivity contribution in [2.75, 3.05) is 32.7 Å². The Balaban J connectivity index is 1.46. The Morgan fingerprint density at radius 3 is 2.26 bits per heavy atom. The van der Waals surface area contributed by atoms with Gasteiger partial charge in [-0.25, -0.2) is 0 Å². The maximum absolute atomic E-state index is 13.4. The van der Waals surface area contributed by atoms with Crippen LogP contribution in [0.2, 0.25) is 0 Å². The molecule has 0 spiro atoms. The van der Waals surface area contributed by atoms with Gasteiger partial charge < -0.3 is 9.47 Å². The molecule has 5 nitrogen and oxygen atoms in total. The van der Waals surface area contributed by atoms with Gasteiger partial charge in [0.15, 0.2) is 0 Å². The zero-order chi connectivity index (χ0) is 21.8. The minimum atomic E-state index is -0.0443. The van der Waals surface area contributed by atoms with Crippen molar-refractivity contribution in [1.82, 2.24) is 14.4 Å². The number of carbonyl (C=O) groups is 1. The van der Waals surface area contributed by atoms with Crippen LogP contribution in [-0.2, 0) is 0 Å². The van der Waals surface area contributed by atoms with Gasteiger partial charge in [-0.2, -0.15) is 0 Å². The molecule has 1 amide bonds. The highest BCUT2D eigenvalue weighted by Gasteiger charge is 2.24. The van der Waals surface area contributed by atoms with E-state index in [0.717, 1.165) is 25.0 Å². The van der Waals surface area contributed by atoms with Gasteiger partial charge in [-0.15, -0.1) is 0 Å². The van der Waals surface area contributed by atoms with Gasteiger partial charge in [-0.3, -0.25) is 14.5 Å². The molecule has 0 aliphatic carbocycles. The second kappa shape index (κ2) is 9.31. The standard InChI is InChI=1S/C26H29N3O2/c1-20(2)29-19-24(22-12-6-7-13-23(22)26(29)31)25(30)28-17-15-27(16-18-28)14-8-11-21-9-4-3-5-10-21/h3-13,19-20H,14-18H2,1-2H3. The molecule has 4 rings (SSSR count). The molecule has 2 heterocycles. The lowest BCUT2D eigenvalue weighted by Gasteiger charge is -2.34. The molecule has 1 saturated heterocycles. The number of aromatic nitrogens is 1. The summed E-state index contributed by atoms with van der Waals surface area (Å²) in [4.78, 5) is 30.4. The number of amides is 1. The number of piperazine rings is 1. The summed E-state index contributed by atoms with van der Waals surface area (Å²) in [5.41, 5.74) is 1.77. The molecule has 31 heavy (non-hydrogen) atoms. The zero-order valence-electron chi connectivity index (χ0n) is 18.2. The number of benzene rings is 2. The van der Waals surface area contributed by atoms with E-state index >= 15 is 0 Å². The number of hydrogen-bond acceptors (Lipinski definition) is 3. The lowest BCUT2D eigenvalue weighted by Crippen LogP contribution is -2.48. The van der Waals surface area contributed by atoms with Crippen molar-refractivity contribution in [2.24, 2.45) is 0 Å². The van der Waals surface area contributed by atoms with E-state index < -0.39 is 0 Å². The summed E-state index contributed by atoms with van der Waals surface area (Å²) < 4.78 is 1.67. The molecule has 0 unspecified atom stereocenters. The third-order valence-electron chi connectivity index (χ3n) is 5.87. The average Bonchev–Trinajstić information content (AvgIpc) is 2.80. The molecule has 0 radical (unpaired) electrons. The third kappa shape index (κ3) is 4.62. The lowest BCUT2D eigenvalue weighted by atomic mass is 10.1. The normalized spacial score (nSPS) is 15.3. The van der Waals surface area contributed by atoms with Gasteiger partial charge in [0, 0.05) is 55.7 Å². The van der Waals surface area contributed by atoms with Gasteiger partial charge in [-0.1, -0.05) is 60.7 Å². The van der Waals surface area contributed by atoms with Gasteiger partial charge in [0.1, 0.15) is 0 Å². The largest absolute Gasteiger partial charge is 0.336 e. The topological polar surface area (TPSA) is 45.6 Å². The molecule has 0 N–H and O–H groups in total. The zero-order valence-corrected chi connectivity index (χ0v) is 18.2. The summed E-state index contributed by atoms with van der Waals surface area (Å²) in [6.45, 7) is 7.86. The molecule has 160 valence electrons. The molecule has 1 aliphatic heterocycles. The smallest absolute Gasteiger partial charge is 0.258 e. The van der Waals surface area contributed by atoms with Gasteiger partial charge >= 0.3 is 0 Å². The fraction of sp³-hybridized carbons (Fsp3) is 0.308. The van der Waals surface area contributed by atoms with Crippen molar-refractivity contribution in [2.45, 2.75) is 19.9 Å². The van der Waals surface area contributed by atoms with E-state index in [1.165, 1.54) is 5.56 Å². The maximum Gasteiger partial charge on any atom is 0.258 e. The van der Waals surface area contributed by atoms with Crippen LogP contribution in [0.4, 0.5) is 0 Å². The third-order valence-corrected chi connectivity index (χ3v) is 5.87. The number of nitrogens with zero attached hydrogens (tertiary/aromatic N) is 3. The van der Waals surface area contributed by atoms with Gasteiger partial charge in [-0.05, 0) is 25.5 Å². The van der Waals surface area contributed by atoms with Gasteiger partial charge in [0.05, 0.1) is 5.56 Å². The average molecular weight is 416 g/mol. The van der Waals surface area contributed by atoms with Crippen LogP contribution in [0.25, 0.3) is 16.8 Å². The number of pyridine rings is 1. The Hall–Kier alpha value is -3.18. The highest BCUT2D eigenvalue weighted by atomic mass is 16.2. The van der Waals surface area contributed by atoms with E-state index in [-0.39, 0.29) is 17.5 Å². The molecule has 3 aromatic rings. The quantitative estimate of drug-likeness (QED) is 0.631. The van der Waals surface area contributed by atoms with Crippen molar-refractivity contribution in [3.05, 3.63) is 88.4 Å². The van der Waals surface area contributed by atoms with Crippen molar-refractivity contribution in [3.8, 4) is 0 Å². The number of fused-ring (bicyclic) bond motifs is 1. The van der Waals surface area contributed by atoms with E-state index in [9.17, 15) is 9.59 Å². The van der Waals surface area contributed by atoms with Crippen LogP contribution in [0.3, 0.4) is 0 Å². The monoisotopic (exact) mass is 415 g/mol. The van der Waals surface area contributed by atoms with E-state index in [2.05, 4.69) is 29.2 Å². The fourth-order valence-corrected chi connectivity index (χ4v) is 4.07. The Kier molecular flexibility index (Phi) is 6.33. The fourth-order valence-electron chi connectivity index (χ4n) is 4.07. The Bertz CT molecular complexity index is 1140. The van der Waals surface area contributed by atoms with Crippen molar-refractivity contribution in [1.29, 1.82) is 0 Å². The molecule has 1 aromatic heterocycles. The molecule has 0 bridgehead atoms. The molecule has 0 saturated carbocycles. The minimum Gasteiger partial charge on any atom is -0.336 e. The van der Waals surface area contributed by atoms with Crippen molar-refractivity contribution >= 4 is 22.8 Å². The summed E-state index contributed by atoms with van der Waals surface area (Å²) >= 11 is 0. The second-order valence-electron chi connectivity index (χ2n) is 8.30. The van der Waals surface area contributed by atoms with Gasteiger partial charge in [0.2, 0.25) is 0 Å². The van der Waals surface area contributed by atoms with Crippen molar-refractivity contribution in [3.63, 3.8) is 0 Å². The first-order valence-electron chi connectivity index (χ1n) is 10.9. The molecule has 1 aliphatic rings. The highest BCUT2D eigenvalue weighted by Crippen LogP contribution is 2.20. The van der Waals surface area contributed by atoms with Crippen LogP contribution < -0.4 is 5.56 Å². The maximum atomic E-state index is 13.4. The predicted octanol–water partition coefficient (Wildman–Crippen LogP) is 4.05. The summed E-state index contributed by atoms with van der Waals surface area (Å²) in [6.07, 6.45) is 6.06. The van der Waals surface area contributed by atoms with Crippen LogP contribution >= 0.6 is 0 Å². The predicted molar refractivity (Wildman–Crippen MR) is 126 cm³/mol. The first-order valence-corrected chi connectivity index (χ1v) is 10.9. The molecule has 5 heteroatoms. The van der Waals surface area contributed by atoms with Crippen LogP contribution in [0.1, 0.15) is 35.8 Å². The Morgan fingerprint density at radius 2 is 1.58 bits per heavy atom. The van der Waals surface area contributed by atoms with Crippen LogP contribution in [0.15, 0.2) is 71.7 Å². The first kappa shape index (κ1) is 21.1. The van der Waals surface area contributed by atoms with E-state index in [1.807, 2.05) is 61.2 Å². The Labute approximate surface area is 183 Å². The van der Waals surface area contributed by atoms with E-state index in [1.54, 1.807) is 10.8 Å². The highest BCUT2D eigenvalue weighted by molar-refractivity contribution is 6.06. The molecular weight excluding hydrogens is 386 g/mol. The van der Waals surface area contributed by atoms with E-state index in [0.29, 0.717) is 24.0 Å². The van der Waals surface area contributed by atoms with Crippen LogP contribution in [0, 0.1) is 0 Å². The second-order valence-corrected chi connectivity index (χ2v) is 8.30. The molecular formula is C26H29N3O2. The van der Waals surface area contributed by atoms with Crippen LogP contribution in [0.5, 0.6) is 0 Å². The first-order chi connectivity index (χ1) is 15.0. The van der Waals surface area contributed by atoms with Crippen molar-refractivity contribution < 1.29 is 4.79 Å². The molecule has 1 fully saturated rings. The summed E-state index contributed by atoms with van der Waals surface area (Å²) in [6, 6.07) is 17.7. The van der Waals surface area contributed by atoms with E-state index in [4.69, 9.17) is 0 Å². The number of rotatable bonds is 5. The summed E-state index contributed by atoms with van der Waals surface area (Å²) in [5, 5.41) is 1.34. The molecule has 2 aromatic carbocycles. The minimum absolute atomic E-state index is 0.00287. The molecule has 0 atom stereocenters. The number of carbonyl (C=O) groups excluding carboxylic acids is 1. The summed E-state index contributed by atoms with van der Waals surface area (Å²) in [5.74, 6) is 0.00470.